The van der Waals surface area contributed by atoms with Gasteiger partial charge in [0.1, 0.15) is 16.4 Å². The van der Waals surface area contributed by atoms with Gasteiger partial charge in [0.2, 0.25) is 11.8 Å². The van der Waals surface area contributed by atoms with E-state index in [2.05, 4.69) is 58.3 Å². The van der Waals surface area contributed by atoms with Crippen molar-refractivity contribution in [3.8, 4) is 0 Å². The number of carbonyl (C=O) groups is 4. The molecular formula is C43H48N10O5S. The van der Waals surface area contributed by atoms with Crippen molar-refractivity contribution in [3.05, 3.63) is 71.0 Å². The second-order valence-corrected chi connectivity index (χ2v) is 17.6. The molecular weight excluding hydrogens is 769 g/mol. The maximum Gasteiger partial charge on any atom is 0.258 e. The van der Waals surface area contributed by atoms with Crippen LogP contribution in [0.25, 0.3) is 21.3 Å². The summed E-state index contributed by atoms with van der Waals surface area (Å²) < 4.78 is 2.13. The molecule has 4 amide bonds. The summed E-state index contributed by atoms with van der Waals surface area (Å²) in [4.78, 5) is 69.5. The van der Waals surface area contributed by atoms with Gasteiger partial charge in [0.15, 0.2) is 0 Å². The number of hydrogen-bond donors (Lipinski definition) is 3. The highest BCUT2D eigenvalue weighted by molar-refractivity contribution is 7.16. The monoisotopic (exact) mass is 816 g/mol. The Kier molecular flexibility index (Phi) is 10.0. The van der Waals surface area contributed by atoms with Crippen LogP contribution >= 0.6 is 11.3 Å². The average molecular weight is 817 g/mol. The zero-order chi connectivity index (χ0) is 40.2. The summed E-state index contributed by atoms with van der Waals surface area (Å²) in [6, 6.07) is 11.6. The van der Waals surface area contributed by atoms with Crippen LogP contribution in [0.4, 0.5) is 17.1 Å². The lowest BCUT2D eigenvalue weighted by Gasteiger charge is -2.38. The highest BCUT2D eigenvalue weighted by atomic mass is 32.1. The number of thiazole rings is 1. The first-order valence-electron chi connectivity index (χ1n) is 20.9. The molecule has 1 unspecified atom stereocenters. The van der Waals surface area contributed by atoms with E-state index in [-0.39, 0.29) is 42.2 Å². The quantitative estimate of drug-likeness (QED) is 0.188. The lowest BCUT2D eigenvalue weighted by Crippen LogP contribution is -2.52. The van der Waals surface area contributed by atoms with Crippen molar-refractivity contribution in [3.63, 3.8) is 0 Å². The number of likely N-dealkylation sites (tertiary alicyclic amines) is 1. The van der Waals surface area contributed by atoms with E-state index in [9.17, 15) is 24.3 Å². The number of imide groups is 1. The maximum absolute atomic E-state index is 13.7. The number of aromatic nitrogens is 4. The molecule has 2 aromatic carbocycles. The fourth-order valence-electron chi connectivity index (χ4n) is 9.73. The van der Waals surface area contributed by atoms with Crippen molar-refractivity contribution >= 4 is 73.3 Å². The number of aliphatic hydroxyl groups excluding tert-OH is 1. The minimum Gasteiger partial charge on any atom is -0.393 e. The number of carbonyl (C=O) groups excluding carboxylic acids is 4. The van der Waals surface area contributed by atoms with E-state index in [1.165, 1.54) is 11.3 Å². The third kappa shape index (κ3) is 7.42. The van der Waals surface area contributed by atoms with Crippen molar-refractivity contribution in [2.24, 2.45) is 5.92 Å². The molecule has 16 heteroatoms. The van der Waals surface area contributed by atoms with Crippen LogP contribution in [0.1, 0.15) is 83.7 Å². The van der Waals surface area contributed by atoms with Crippen LogP contribution in [0.15, 0.2) is 54.3 Å². The number of benzene rings is 2. The number of piperidine rings is 4. The Bertz CT molecular complexity index is 2440. The van der Waals surface area contributed by atoms with Crippen molar-refractivity contribution in [1.29, 1.82) is 0 Å². The van der Waals surface area contributed by atoms with Gasteiger partial charge in [-0.15, -0.1) is 11.3 Å². The lowest BCUT2D eigenvalue weighted by molar-refractivity contribution is -0.136. The van der Waals surface area contributed by atoms with Gasteiger partial charge in [0, 0.05) is 87.8 Å². The Hall–Kier alpha value is -5.45. The molecule has 0 spiro atoms. The Morgan fingerprint density at radius 1 is 0.898 bits per heavy atom. The van der Waals surface area contributed by atoms with E-state index in [4.69, 9.17) is 5.10 Å². The number of pyridine rings is 1. The number of hydrogen-bond acceptors (Lipinski definition) is 12. The van der Waals surface area contributed by atoms with Crippen LogP contribution < -0.4 is 20.4 Å². The van der Waals surface area contributed by atoms with E-state index < -0.39 is 6.04 Å². The van der Waals surface area contributed by atoms with Crippen LogP contribution in [0.5, 0.6) is 0 Å². The Balaban J connectivity index is 0.759. The number of aliphatic hydroxyl groups is 1. The first-order valence-corrected chi connectivity index (χ1v) is 21.8. The Morgan fingerprint density at radius 2 is 1.69 bits per heavy atom. The fourth-order valence-corrected chi connectivity index (χ4v) is 10.4. The molecule has 0 saturated carbocycles. The third-order valence-corrected chi connectivity index (χ3v) is 13.8. The first kappa shape index (κ1) is 37.8. The normalized spacial score (nSPS) is 21.5. The van der Waals surface area contributed by atoms with Gasteiger partial charge >= 0.3 is 0 Å². The summed E-state index contributed by atoms with van der Waals surface area (Å²) in [5, 5.41) is 21.9. The summed E-state index contributed by atoms with van der Waals surface area (Å²) in [7, 11) is 0. The number of nitrogens with zero attached hydrogens (tertiary/aromatic N) is 8. The van der Waals surface area contributed by atoms with Crippen molar-refractivity contribution in [1.82, 2.24) is 34.9 Å². The molecule has 0 bridgehead atoms. The van der Waals surface area contributed by atoms with Gasteiger partial charge < -0.3 is 30.0 Å². The van der Waals surface area contributed by atoms with Crippen LogP contribution in [0, 0.1) is 5.92 Å². The van der Waals surface area contributed by atoms with Gasteiger partial charge in [-0.25, -0.2) is 9.97 Å². The SMILES string of the molecule is O=C1CCC(N2Cc3ccc(N4CCC(CN5CCC(n6cc7cc(NC(=O)c8ccnc9scnc89)c(N8CCC(O)CC8)cc7n6)CC5)CC4)cc3C2=O)C(=O)N1. The van der Waals surface area contributed by atoms with Crippen LogP contribution in [0.3, 0.4) is 0 Å². The fraction of sp³-hybridized carbons (Fsp3) is 0.465. The molecule has 3 N–H and O–H groups in total. The number of nitrogens with one attached hydrogen (secondary N) is 2. The van der Waals surface area contributed by atoms with E-state index in [1.807, 2.05) is 18.2 Å². The topological polar surface area (TPSA) is 169 Å². The Morgan fingerprint density at radius 3 is 2.49 bits per heavy atom. The molecule has 5 aliphatic heterocycles. The van der Waals surface area contributed by atoms with Gasteiger partial charge in [-0.2, -0.15) is 5.10 Å². The average Bonchev–Trinajstić information content (AvgIpc) is 3.98. The Labute approximate surface area is 345 Å². The number of fused-ring (bicyclic) bond motifs is 3. The summed E-state index contributed by atoms with van der Waals surface area (Å²) in [6.45, 7) is 6.76. The smallest absolute Gasteiger partial charge is 0.258 e. The molecule has 3 aromatic heterocycles. The van der Waals surface area contributed by atoms with Crippen LogP contribution in [-0.4, -0.2) is 116 Å². The van der Waals surface area contributed by atoms with Crippen molar-refractivity contribution < 1.29 is 24.3 Å². The van der Waals surface area contributed by atoms with Gasteiger partial charge in [-0.1, -0.05) is 6.07 Å². The minimum absolute atomic E-state index is 0.130. The molecule has 10 rings (SSSR count). The molecule has 15 nitrogen and oxygen atoms in total. The molecule has 4 saturated heterocycles. The summed E-state index contributed by atoms with van der Waals surface area (Å²) in [5.74, 6) is -0.414. The van der Waals surface area contributed by atoms with Crippen LogP contribution in [-0.2, 0) is 16.1 Å². The van der Waals surface area contributed by atoms with Crippen molar-refractivity contribution in [2.45, 2.75) is 76.1 Å². The molecule has 5 aliphatic rings. The van der Waals surface area contributed by atoms with E-state index in [0.29, 0.717) is 61.5 Å². The summed E-state index contributed by atoms with van der Waals surface area (Å²) >= 11 is 1.41. The third-order valence-electron chi connectivity index (χ3n) is 13.1. The predicted octanol–water partition coefficient (Wildman–Crippen LogP) is 4.57. The molecule has 0 radical (unpaired) electrons. The molecule has 8 heterocycles. The highest BCUT2D eigenvalue weighted by Gasteiger charge is 2.39. The molecule has 5 aromatic rings. The van der Waals surface area contributed by atoms with Gasteiger partial charge in [0.25, 0.3) is 11.8 Å². The minimum atomic E-state index is -0.602. The van der Waals surface area contributed by atoms with Gasteiger partial charge in [-0.3, -0.25) is 29.2 Å². The van der Waals surface area contributed by atoms with Gasteiger partial charge in [0.05, 0.1) is 40.1 Å². The van der Waals surface area contributed by atoms with Crippen molar-refractivity contribution in [2.75, 3.05) is 60.9 Å². The number of rotatable bonds is 8. The zero-order valence-corrected chi connectivity index (χ0v) is 33.7. The van der Waals surface area contributed by atoms with Gasteiger partial charge in [-0.05, 0) is 86.8 Å². The molecule has 4 fully saturated rings. The lowest BCUT2D eigenvalue weighted by atomic mass is 9.94. The summed E-state index contributed by atoms with van der Waals surface area (Å²) in [6.07, 6.45) is 9.62. The zero-order valence-electron chi connectivity index (χ0n) is 32.9. The number of amides is 4. The highest BCUT2D eigenvalue weighted by Crippen LogP contribution is 2.36. The van der Waals surface area contributed by atoms with E-state index in [0.717, 1.165) is 96.8 Å². The summed E-state index contributed by atoms with van der Waals surface area (Å²) in [5.41, 5.74) is 7.96. The molecule has 1 atom stereocenters. The maximum atomic E-state index is 13.7. The number of anilines is 3. The van der Waals surface area contributed by atoms with E-state index in [1.54, 1.807) is 22.7 Å². The predicted molar refractivity (Wildman–Crippen MR) is 225 cm³/mol. The first-order chi connectivity index (χ1) is 28.7. The standard InChI is InChI=1S/C43H48N10O5S/c54-31-10-17-51(18-11-31)37-21-34-28(19-35(37)46-40(56)32-5-12-44-42-39(32)45-25-59-42)24-53(48-34)29-8-13-49(14-9-29)22-26-6-15-50(16-7-26)30-2-1-27-23-52(43(58)33(27)20-30)36-3-4-38(55)47-41(36)57/h1-2,5,12,19-21,24-26,29,31,36,54H,3-4,6-11,13-18,22-23H2,(H,46,56)(H,47,55,57). The largest absolute Gasteiger partial charge is 0.393 e. The molecule has 59 heavy (non-hydrogen) atoms. The van der Waals surface area contributed by atoms with E-state index >= 15 is 0 Å². The van der Waals surface area contributed by atoms with Crippen LogP contribution in [0.2, 0.25) is 0 Å². The molecule has 306 valence electrons. The second kappa shape index (κ2) is 15.6. The molecule has 0 aliphatic carbocycles. The second-order valence-electron chi connectivity index (χ2n) is 16.8.